The SMILES string of the molecule is CC(C)N1C(=O)CO[C@H](c2ccc(NC(=O)C3CCOCC3)cc2)[C@H]1CO. The van der Waals surface area contributed by atoms with Crippen LogP contribution in [0.5, 0.6) is 0 Å². The molecule has 3 rings (SSSR count). The summed E-state index contributed by atoms with van der Waals surface area (Å²) in [5.74, 6) is -0.102. The Bertz CT molecular complexity index is 655. The van der Waals surface area contributed by atoms with Gasteiger partial charge >= 0.3 is 0 Å². The molecule has 2 heterocycles. The van der Waals surface area contributed by atoms with E-state index in [-0.39, 0.29) is 37.0 Å². The van der Waals surface area contributed by atoms with Crippen LogP contribution in [0.4, 0.5) is 5.69 Å². The molecule has 0 aliphatic carbocycles. The lowest BCUT2D eigenvalue weighted by Crippen LogP contribution is -2.55. The predicted molar refractivity (Wildman–Crippen MR) is 100 cm³/mol. The van der Waals surface area contributed by atoms with Crippen LogP contribution in [0.3, 0.4) is 0 Å². The van der Waals surface area contributed by atoms with E-state index in [2.05, 4.69) is 5.32 Å². The zero-order valence-corrected chi connectivity index (χ0v) is 15.9. The Hall–Kier alpha value is -1.96. The molecule has 7 nitrogen and oxygen atoms in total. The number of aliphatic hydroxyl groups is 1. The fourth-order valence-corrected chi connectivity index (χ4v) is 3.81. The predicted octanol–water partition coefficient (Wildman–Crippen LogP) is 1.72. The van der Waals surface area contributed by atoms with Crippen LogP contribution in [0.15, 0.2) is 24.3 Å². The van der Waals surface area contributed by atoms with Crippen molar-refractivity contribution in [2.45, 2.75) is 44.9 Å². The molecule has 7 heteroatoms. The smallest absolute Gasteiger partial charge is 0.249 e. The lowest BCUT2D eigenvalue weighted by molar-refractivity contribution is -0.164. The molecule has 148 valence electrons. The van der Waals surface area contributed by atoms with Crippen molar-refractivity contribution >= 4 is 17.5 Å². The highest BCUT2D eigenvalue weighted by Crippen LogP contribution is 2.31. The van der Waals surface area contributed by atoms with Crippen LogP contribution in [0.2, 0.25) is 0 Å². The molecule has 2 saturated heterocycles. The monoisotopic (exact) mass is 376 g/mol. The van der Waals surface area contributed by atoms with E-state index in [1.165, 1.54) is 0 Å². The number of benzene rings is 1. The van der Waals surface area contributed by atoms with Gasteiger partial charge in [0.05, 0.1) is 12.6 Å². The summed E-state index contributed by atoms with van der Waals surface area (Å²) in [5, 5.41) is 12.8. The molecule has 1 aromatic rings. The quantitative estimate of drug-likeness (QED) is 0.817. The summed E-state index contributed by atoms with van der Waals surface area (Å²) in [6.45, 7) is 4.95. The molecule has 0 bridgehead atoms. The fraction of sp³-hybridized carbons (Fsp3) is 0.600. The second kappa shape index (κ2) is 8.82. The molecule has 0 radical (unpaired) electrons. The fourth-order valence-electron chi connectivity index (χ4n) is 3.81. The van der Waals surface area contributed by atoms with E-state index in [1.807, 2.05) is 38.1 Å². The first-order valence-corrected chi connectivity index (χ1v) is 9.53. The van der Waals surface area contributed by atoms with Crippen molar-refractivity contribution < 1.29 is 24.2 Å². The van der Waals surface area contributed by atoms with Crippen molar-refractivity contribution in [3.05, 3.63) is 29.8 Å². The van der Waals surface area contributed by atoms with Gasteiger partial charge in [0.15, 0.2) is 0 Å². The highest BCUT2D eigenvalue weighted by Gasteiger charge is 2.38. The van der Waals surface area contributed by atoms with Gasteiger partial charge in [0.2, 0.25) is 11.8 Å². The standard InChI is InChI=1S/C20H28N2O5/c1-13(2)22-17(11-23)19(27-12-18(22)24)14-3-5-16(6-4-14)21-20(25)15-7-9-26-10-8-15/h3-6,13,15,17,19,23H,7-12H2,1-2H3,(H,21,25)/t17-,19-/m1/s1. The number of anilines is 1. The highest BCUT2D eigenvalue weighted by atomic mass is 16.5. The minimum atomic E-state index is -0.422. The van der Waals surface area contributed by atoms with Crippen molar-refractivity contribution in [1.29, 1.82) is 0 Å². The molecule has 2 aliphatic heterocycles. The van der Waals surface area contributed by atoms with Crippen molar-refractivity contribution in [2.75, 3.05) is 31.7 Å². The van der Waals surface area contributed by atoms with E-state index in [1.54, 1.807) is 4.90 Å². The molecule has 27 heavy (non-hydrogen) atoms. The zero-order valence-electron chi connectivity index (χ0n) is 15.9. The molecule has 2 atom stereocenters. The Labute approximate surface area is 159 Å². The molecular weight excluding hydrogens is 348 g/mol. The number of morpholine rings is 1. The van der Waals surface area contributed by atoms with E-state index in [0.29, 0.717) is 13.2 Å². The number of aliphatic hydroxyl groups excluding tert-OH is 1. The zero-order chi connectivity index (χ0) is 19.4. The topological polar surface area (TPSA) is 88.1 Å². The summed E-state index contributed by atoms with van der Waals surface area (Å²) in [7, 11) is 0. The summed E-state index contributed by atoms with van der Waals surface area (Å²) >= 11 is 0. The van der Waals surface area contributed by atoms with Crippen LogP contribution in [-0.4, -0.2) is 60.3 Å². The summed E-state index contributed by atoms with van der Waals surface area (Å²) in [5.41, 5.74) is 1.60. The number of nitrogens with one attached hydrogen (secondary N) is 1. The van der Waals surface area contributed by atoms with Crippen molar-refractivity contribution in [1.82, 2.24) is 4.90 Å². The van der Waals surface area contributed by atoms with Gasteiger partial charge in [0, 0.05) is 30.9 Å². The number of amides is 2. The first-order valence-electron chi connectivity index (χ1n) is 9.53. The van der Waals surface area contributed by atoms with Crippen molar-refractivity contribution in [3.8, 4) is 0 Å². The third kappa shape index (κ3) is 4.48. The highest BCUT2D eigenvalue weighted by molar-refractivity contribution is 5.92. The summed E-state index contributed by atoms with van der Waals surface area (Å²) in [6.07, 6.45) is 1.10. The number of rotatable bonds is 5. The normalized spacial score (nSPS) is 24.3. The Kier molecular flexibility index (Phi) is 6.46. The Morgan fingerprint density at radius 1 is 1.26 bits per heavy atom. The lowest BCUT2D eigenvalue weighted by atomic mass is 9.97. The van der Waals surface area contributed by atoms with Gasteiger partial charge < -0.3 is 24.8 Å². The molecule has 0 spiro atoms. The van der Waals surface area contributed by atoms with E-state index in [4.69, 9.17) is 9.47 Å². The molecule has 0 saturated carbocycles. The van der Waals surface area contributed by atoms with Gasteiger partial charge in [0.25, 0.3) is 0 Å². The number of nitrogens with zero attached hydrogens (tertiary/aromatic N) is 1. The molecule has 2 N–H and O–H groups in total. The Morgan fingerprint density at radius 2 is 1.93 bits per heavy atom. The van der Waals surface area contributed by atoms with E-state index in [0.717, 1.165) is 24.1 Å². The maximum Gasteiger partial charge on any atom is 0.249 e. The third-order valence-electron chi connectivity index (χ3n) is 5.22. The number of hydrogen-bond acceptors (Lipinski definition) is 5. The van der Waals surface area contributed by atoms with Crippen LogP contribution in [0.1, 0.15) is 38.4 Å². The second-order valence-electron chi connectivity index (χ2n) is 7.37. The first kappa shape index (κ1) is 19.8. The van der Waals surface area contributed by atoms with Crippen LogP contribution in [-0.2, 0) is 19.1 Å². The average Bonchev–Trinajstić information content (AvgIpc) is 2.68. The number of carbonyl (C=O) groups is 2. The molecular formula is C20H28N2O5. The van der Waals surface area contributed by atoms with Gasteiger partial charge in [0.1, 0.15) is 12.7 Å². The van der Waals surface area contributed by atoms with Crippen LogP contribution < -0.4 is 5.32 Å². The third-order valence-corrected chi connectivity index (χ3v) is 5.22. The summed E-state index contributed by atoms with van der Waals surface area (Å²) in [6, 6.07) is 6.98. The molecule has 0 aromatic heterocycles. The summed E-state index contributed by atoms with van der Waals surface area (Å²) in [4.78, 5) is 26.2. The molecule has 2 fully saturated rings. The lowest BCUT2D eigenvalue weighted by Gasteiger charge is -2.42. The van der Waals surface area contributed by atoms with Gasteiger partial charge in [-0.25, -0.2) is 0 Å². The van der Waals surface area contributed by atoms with Gasteiger partial charge in [-0.3, -0.25) is 9.59 Å². The van der Waals surface area contributed by atoms with Gasteiger partial charge in [-0.2, -0.15) is 0 Å². The molecule has 2 aliphatic rings. The number of ether oxygens (including phenoxy) is 2. The second-order valence-corrected chi connectivity index (χ2v) is 7.37. The van der Waals surface area contributed by atoms with Gasteiger partial charge in [-0.1, -0.05) is 12.1 Å². The average molecular weight is 376 g/mol. The minimum absolute atomic E-state index is 0.00157. The van der Waals surface area contributed by atoms with E-state index in [9.17, 15) is 14.7 Å². The van der Waals surface area contributed by atoms with Crippen LogP contribution in [0.25, 0.3) is 0 Å². The van der Waals surface area contributed by atoms with Crippen LogP contribution >= 0.6 is 0 Å². The first-order chi connectivity index (χ1) is 13.0. The van der Waals surface area contributed by atoms with Crippen molar-refractivity contribution in [3.63, 3.8) is 0 Å². The van der Waals surface area contributed by atoms with Crippen LogP contribution in [0, 0.1) is 5.92 Å². The van der Waals surface area contributed by atoms with Gasteiger partial charge in [-0.15, -0.1) is 0 Å². The number of hydrogen-bond donors (Lipinski definition) is 2. The molecule has 1 aromatic carbocycles. The largest absolute Gasteiger partial charge is 0.394 e. The van der Waals surface area contributed by atoms with Gasteiger partial charge in [-0.05, 0) is 44.4 Å². The van der Waals surface area contributed by atoms with Crippen molar-refractivity contribution in [2.24, 2.45) is 5.92 Å². The molecule has 2 amide bonds. The maximum absolute atomic E-state index is 12.3. The Balaban J connectivity index is 1.68. The van der Waals surface area contributed by atoms with E-state index < -0.39 is 12.1 Å². The Morgan fingerprint density at radius 3 is 2.52 bits per heavy atom. The number of carbonyl (C=O) groups excluding carboxylic acids is 2. The minimum Gasteiger partial charge on any atom is -0.394 e. The summed E-state index contributed by atoms with van der Waals surface area (Å²) < 4.78 is 11.0. The maximum atomic E-state index is 12.3. The van der Waals surface area contributed by atoms with E-state index >= 15 is 0 Å². The molecule has 0 unspecified atom stereocenters.